The van der Waals surface area contributed by atoms with Crippen molar-refractivity contribution in [2.75, 3.05) is 5.32 Å². The fourth-order valence-electron chi connectivity index (χ4n) is 2.12. The highest BCUT2D eigenvalue weighted by Crippen LogP contribution is 2.19. The number of aryl methyl sites for hydroxylation is 1. The lowest BCUT2D eigenvalue weighted by molar-refractivity contribution is 0.251. The standard InChI is InChI=1S/C16H14FN3O2/c1-10-6-7-15-11(8-10)14(20-22-15)9-18-16(21)19-13-5-3-2-4-12(13)17/h2-8H,9H2,1H3,(H2,18,19,21). The lowest BCUT2D eigenvalue weighted by Crippen LogP contribution is -2.28. The van der Waals surface area contributed by atoms with E-state index in [2.05, 4.69) is 15.8 Å². The Balaban J connectivity index is 1.68. The second-order valence-corrected chi connectivity index (χ2v) is 4.92. The Bertz CT molecular complexity index is 829. The first-order chi connectivity index (χ1) is 10.6. The predicted octanol–water partition coefficient (Wildman–Crippen LogP) is 3.60. The normalized spacial score (nSPS) is 10.6. The number of para-hydroxylation sites is 1. The summed E-state index contributed by atoms with van der Waals surface area (Å²) in [6.07, 6.45) is 0. The smallest absolute Gasteiger partial charge is 0.319 e. The van der Waals surface area contributed by atoms with Gasteiger partial charge < -0.3 is 15.2 Å². The lowest BCUT2D eigenvalue weighted by Gasteiger charge is -2.07. The van der Waals surface area contributed by atoms with Gasteiger partial charge in [-0.3, -0.25) is 0 Å². The van der Waals surface area contributed by atoms with Crippen LogP contribution in [-0.4, -0.2) is 11.2 Å². The van der Waals surface area contributed by atoms with Gasteiger partial charge in [-0.1, -0.05) is 28.9 Å². The Morgan fingerprint density at radius 2 is 2.09 bits per heavy atom. The van der Waals surface area contributed by atoms with Gasteiger partial charge in [0.15, 0.2) is 5.58 Å². The molecule has 112 valence electrons. The topological polar surface area (TPSA) is 67.2 Å². The van der Waals surface area contributed by atoms with E-state index in [1.165, 1.54) is 12.1 Å². The number of hydrogen-bond acceptors (Lipinski definition) is 3. The molecule has 1 aromatic heterocycles. The van der Waals surface area contributed by atoms with E-state index in [9.17, 15) is 9.18 Å². The van der Waals surface area contributed by atoms with Gasteiger partial charge in [0.05, 0.1) is 12.2 Å². The molecule has 0 saturated carbocycles. The number of carbonyl (C=O) groups is 1. The third-order valence-corrected chi connectivity index (χ3v) is 3.24. The number of nitrogens with one attached hydrogen (secondary N) is 2. The van der Waals surface area contributed by atoms with Crippen LogP contribution in [-0.2, 0) is 6.54 Å². The van der Waals surface area contributed by atoms with Gasteiger partial charge in [-0.15, -0.1) is 0 Å². The zero-order valence-corrected chi connectivity index (χ0v) is 11.9. The number of carbonyl (C=O) groups excluding carboxylic acids is 1. The highest BCUT2D eigenvalue weighted by atomic mass is 19.1. The Labute approximate surface area is 126 Å². The van der Waals surface area contributed by atoms with Gasteiger partial charge >= 0.3 is 6.03 Å². The average molecular weight is 299 g/mol. The summed E-state index contributed by atoms with van der Waals surface area (Å²) in [4.78, 5) is 11.8. The number of urea groups is 1. The molecule has 3 rings (SSSR count). The summed E-state index contributed by atoms with van der Waals surface area (Å²) in [5, 5.41) is 9.88. The van der Waals surface area contributed by atoms with E-state index in [4.69, 9.17) is 4.52 Å². The number of anilines is 1. The minimum absolute atomic E-state index is 0.126. The Hall–Kier alpha value is -2.89. The monoisotopic (exact) mass is 299 g/mol. The van der Waals surface area contributed by atoms with Crippen molar-refractivity contribution in [3.63, 3.8) is 0 Å². The third kappa shape index (κ3) is 2.90. The van der Waals surface area contributed by atoms with Crippen LogP contribution in [0.15, 0.2) is 47.0 Å². The molecule has 0 fully saturated rings. The summed E-state index contributed by atoms with van der Waals surface area (Å²) < 4.78 is 18.6. The van der Waals surface area contributed by atoms with Crippen molar-refractivity contribution in [1.29, 1.82) is 0 Å². The number of aromatic nitrogens is 1. The first-order valence-corrected chi connectivity index (χ1v) is 6.78. The molecule has 0 aliphatic carbocycles. The number of rotatable bonds is 3. The van der Waals surface area contributed by atoms with Crippen molar-refractivity contribution in [2.24, 2.45) is 0 Å². The van der Waals surface area contributed by atoms with E-state index in [-0.39, 0.29) is 12.2 Å². The zero-order valence-electron chi connectivity index (χ0n) is 11.9. The van der Waals surface area contributed by atoms with Crippen LogP contribution >= 0.6 is 0 Å². The molecule has 2 aromatic carbocycles. The van der Waals surface area contributed by atoms with Crippen LogP contribution in [0.4, 0.5) is 14.9 Å². The number of amides is 2. The summed E-state index contributed by atoms with van der Waals surface area (Å²) in [5.74, 6) is -0.486. The molecule has 0 unspecified atom stereocenters. The molecule has 0 bridgehead atoms. The Morgan fingerprint density at radius 3 is 2.91 bits per heavy atom. The Morgan fingerprint density at radius 1 is 1.27 bits per heavy atom. The van der Waals surface area contributed by atoms with Crippen LogP contribution in [0.5, 0.6) is 0 Å². The molecule has 5 nitrogen and oxygen atoms in total. The van der Waals surface area contributed by atoms with E-state index in [0.29, 0.717) is 11.3 Å². The number of halogens is 1. The largest absolute Gasteiger partial charge is 0.356 e. The minimum Gasteiger partial charge on any atom is -0.356 e. The van der Waals surface area contributed by atoms with Crippen LogP contribution in [0, 0.1) is 12.7 Å². The van der Waals surface area contributed by atoms with Gasteiger partial charge in [0.2, 0.25) is 0 Å². The SMILES string of the molecule is Cc1ccc2onc(CNC(=O)Nc3ccccc3F)c2c1. The van der Waals surface area contributed by atoms with E-state index in [1.54, 1.807) is 12.1 Å². The molecule has 0 radical (unpaired) electrons. The van der Waals surface area contributed by atoms with Crippen LogP contribution in [0.3, 0.4) is 0 Å². The fourth-order valence-corrected chi connectivity index (χ4v) is 2.12. The number of nitrogens with zero attached hydrogens (tertiary/aromatic N) is 1. The molecule has 2 N–H and O–H groups in total. The summed E-state index contributed by atoms with van der Waals surface area (Å²) in [6, 6.07) is 11.2. The van der Waals surface area contributed by atoms with Gasteiger partial charge in [-0.2, -0.15) is 0 Å². The number of benzene rings is 2. The average Bonchev–Trinajstić information content (AvgIpc) is 2.90. The highest BCUT2D eigenvalue weighted by molar-refractivity contribution is 5.89. The van der Waals surface area contributed by atoms with Crippen molar-refractivity contribution in [1.82, 2.24) is 10.5 Å². The molecular formula is C16H14FN3O2. The molecule has 3 aromatic rings. The quantitative estimate of drug-likeness (QED) is 0.776. The number of hydrogen-bond donors (Lipinski definition) is 2. The van der Waals surface area contributed by atoms with E-state index < -0.39 is 11.8 Å². The molecular weight excluding hydrogens is 285 g/mol. The fraction of sp³-hybridized carbons (Fsp3) is 0.125. The lowest BCUT2D eigenvalue weighted by atomic mass is 10.1. The zero-order chi connectivity index (χ0) is 15.5. The molecule has 0 atom stereocenters. The first-order valence-electron chi connectivity index (χ1n) is 6.78. The third-order valence-electron chi connectivity index (χ3n) is 3.24. The summed E-state index contributed by atoms with van der Waals surface area (Å²) in [6.45, 7) is 2.16. The van der Waals surface area contributed by atoms with E-state index in [0.717, 1.165) is 10.9 Å². The molecule has 0 aliphatic rings. The Kier molecular flexibility index (Phi) is 3.74. The van der Waals surface area contributed by atoms with Crippen LogP contribution < -0.4 is 10.6 Å². The van der Waals surface area contributed by atoms with Crippen molar-refractivity contribution < 1.29 is 13.7 Å². The summed E-state index contributed by atoms with van der Waals surface area (Å²) >= 11 is 0. The molecule has 0 aliphatic heterocycles. The second kappa shape index (κ2) is 5.85. The number of fused-ring (bicyclic) bond motifs is 1. The summed E-state index contributed by atoms with van der Waals surface area (Å²) in [5.41, 5.74) is 2.49. The van der Waals surface area contributed by atoms with Crippen molar-refractivity contribution >= 4 is 22.7 Å². The van der Waals surface area contributed by atoms with Crippen LogP contribution in [0.25, 0.3) is 11.0 Å². The maximum absolute atomic E-state index is 13.4. The first kappa shape index (κ1) is 14.1. The van der Waals surface area contributed by atoms with Gasteiger partial charge in [-0.25, -0.2) is 9.18 Å². The molecule has 1 heterocycles. The van der Waals surface area contributed by atoms with Crippen LogP contribution in [0.2, 0.25) is 0 Å². The molecule has 0 spiro atoms. The maximum atomic E-state index is 13.4. The molecule has 2 amide bonds. The highest BCUT2D eigenvalue weighted by Gasteiger charge is 2.10. The van der Waals surface area contributed by atoms with Crippen LogP contribution in [0.1, 0.15) is 11.3 Å². The predicted molar refractivity (Wildman–Crippen MR) is 81.0 cm³/mol. The molecule has 22 heavy (non-hydrogen) atoms. The van der Waals surface area contributed by atoms with Gasteiger partial charge in [0.1, 0.15) is 11.5 Å². The van der Waals surface area contributed by atoms with Gasteiger partial charge in [0.25, 0.3) is 0 Å². The summed E-state index contributed by atoms with van der Waals surface area (Å²) in [7, 11) is 0. The second-order valence-electron chi connectivity index (χ2n) is 4.92. The van der Waals surface area contributed by atoms with Gasteiger partial charge in [0, 0.05) is 5.39 Å². The molecule has 6 heteroatoms. The van der Waals surface area contributed by atoms with E-state index >= 15 is 0 Å². The minimum atomic E-state index is -0.506. The van der Waals surface area contributed by atoms with Crippen molar-refractivity contribution in [2.45, 2.75) is 13.5 Å². The van der Waals surface area contributed by atoms with Crippen molar-refractivity contribution in [3.8, 4) is 0 Å². The van der Waals surface area contributed by atoms with Crippen molar-refractivity contribution in [3.05, 3.63) is 59.5 Å². The van der Waals surface area contributed by atoms with E-state index in [1.807, 2.05) is 25.1 Å². The van der Waals surface area contributed by atoms with Gasteiger partial charge in [-0.05, 0) is 31.2 Å². The maximum Gasteiger partial charge on any atom is 0.319 e. The molecule has 0 saturated heterocycles.